The molecule has 0 unspecified atom stereocenters. The fraction of sp³-hybridized carbons (Fsp3) is 0.333. The summed E-state index contributed by atoms with van der Waals surface area (Å²) in [5, 5.41) is 3.85. The smallest absolute Gasteiger partial charge is 0.338 e. The Balaban J connectivity index is 1.79. The van der Waals surface area contributed by atoms with E-state index in [2.05, 4.69) is 5.32 Å². The number of anilines is 1. The van der Waals surface area contributed by atoms with Gasteiger partial charge in [-0.05, 0) is 75.6 Å². The van der Waals surface area contributed by atoms with E-state index in [0.717, 1.165) is 51.8 Å². The molecule has 1 aromatic heterocycles. The Bertz CT molecular complexity index is 1200. The molecule has 0 saturated carbocycles. The van der Waals surface area contributed by atoms with Gasteiger partial charge < -0.3 is 19.2 Å². The molecule has 174 valence electrons. The number of allylic oxidation sites excluding steroid dienone is 1. The highest BCUT2D eigenvalue weighted by atomic mass is 16.5. The zero-order valence-electron chi connectivity index (χ0n) is 20.1. The first kappa shape index (κ1) is 24.1. The van der Waals surface area contributed by atoms with Crippen molar-refractivity contribution in [1.29, 1.82) is 0 Å². The first-order valence-corrected chi connectivity index (χ1v) is 11.1. The lowest BCUT2D eigenvalue weighted by molar-refractivity contribution is -0.111. The maximum absolute atomic E-state index is 12.7. The van der Waals surface area contributed by atoms with Crippen molar-refractivity contribution in [2.75, 3.05) is 19.0 Å². The molecule has 2 aromatic carbocycles. The van der Waals surface area contributed by atoms with Gasteiger partial charge in [0.15, 0.2) is 0 Å². The molecule has 0 spiro atoms. The molecule has 3 rings (SSSR count). The second-order valence-corrected chi connectivity index (χ2v) is 8.13. The molecule has 0 fully saturated rings. The molecule has 3 aromatic rings. The number of nitrogens with one attached hydrogen (secondary N) is 1. The van der Waals surface area contributed by atoms with Gasteiger partial charge in [-0.15, -0.1) is 0 Å². The number of amides is 1. The van der Waals surface area contributed by atoms with Gasteiger partial charge in [-0.3, -0.25) is 4.79 Å². The van der Waals surface area contributed by atoms with E-state index in [0.29, 0.717) is 23.6 Å². The van der Waals surface area contributed by atoms with Gasteiger partial charge in [-0.2, -0.15) is 0 Å². The van der Waals surface area contributed by atoms with Crippen molar-refractivity contribution in [3.8, 4) is 5.75 Å². The van der Waals surface area contributed by atoms with E-state index < -0.39 is 0 Å². The van der Waals surface area contributed by atoms with Crippen molar-refractivity contribution in [3.05, 3.63) is 64.4 Å². The number of hydrogen-bond acceptors (Lipinski definition) is 5. The zero-order valence-corrected chi connectivity index (χ0v) is 20.1. The number of carbonyl (C=O) groups excluding carboxylic acids is 2. The molecule has 0 saturated heterocycles. The van der Waals surface area contributed by atoms with Crippen molar-refractivity contribution < 1.29 is 23.5 Å². The van der Waals surface area contributed by atoms with Crippen LogP contribution in [0.2, 0.25) is 0 Å². The summed E-state index contributed by atoms with van der Waals surface area (Å²) >= 11 is 0. The molecule has 33 heavy (non-hydrogen) atoms. The highest BCUT2D eigenvalue weighted by molar-refractivity contribution is 6.05. The van der Waals surface area contributed by atoms with Gasteiger partial charge in [0.1, 0.15) is 17.1 Å². The molecule has 6 heteroatoms. The van der Waals surface area contributed by atoms with Crippen LogP contribution in [-0.4, -0.2) is 25.6 Å². The SMILES string of the molecule is CCCCOC(=O)c1ccc(NC(=O)/C=C(\C)c2cc3c(C)c(C)oc3c(C)c2OC)cc1. The number of unbranched alkanes of at least 4 members (excludes halogenated alkanes) is 1. The third-order valence-corrected chi connectivity index (χ3v) is 5.74. The van der Waals surface area contributed by atoms with Crippen molar-refractivity contribution in [1.82, 2.24) is 0 Å². The molecule has 0 aliphatic heterocycles. The van der Waals surface area contributed by atoms with E-state index in [1.807, 2.05) is 40.7 Å². The highest BCUT2D eigenvalue weighted by Crippen LogP contribution is 2.38. The minimum absolute atomic E-state index is 0.273. The van der Waals surface area contributed by atoms with E-state index in [-0.39, 0.29) is 11.9 Å². The Morgan fingerprint density at radius 1 is 1.09 bits per heavy atom. The Morgan fingerprint density at radius 3 is 2.42 bits per heavy atom. The molecule has 1 heterocycles. The van der Waals surface area contributed by atoms with Gasteiger partial charge in [0.05, 0.1) is 19.3 Å². The number of rotatable bonds is 8. The average molecular weight is 450 g/mol. The summed E-state index contributed by atoms with van der Waals surface area (Å²) in [5.74, 6) is 0.915. The van der Waals surface area contributed by atoms with Gasteiger partial charge in [0, 0.05) is 28.3 Å². The fourth-order valence-corrected chi connectivity index (χ4v) is 3.70. The predicted molar refractivity (Wildman–Crippen MR) is 131 cm³/mol. The van der Waals surface area contributed by atoms with Crippen LogP contribution in [0.4, 0.5) is 5.69 Å². The number of aryl methyl sites for hydroxylation is 3. The van der Waals surface area contributed by atoms with Crippen LogP contribution >= 0.6 is 0 Å². The molecule has 0 radical (unpaired) electrons. The largest absolute Gasteiger partial charge is 0.496 e. The Morgan fingerprint density at radius 2 is 1.79 bits per heavy atom. The van der Waals surface area contributed by atoms with E-state index in [9.17, 15) is 9.59 Å². The third kappa shape index (κ3) is 5.28. The van der Waals surface area contributed by atoms with Gasteiger partial charge >= 0.3 is 5.97 Å². The first-order valence-electron chi connectivity index (χ1n) is 11.1. The van der Waals surface area contributed by atoms with Crippen LogP contribution < -0.4 is 10.1 Å². The highest BCUT2D eigenvalue weighted by Gasteiger charge is 2.18. The lowest BCUT2D eigenvalue weighted by atomic mass is 9.98. The summed E-state index contributed by atoms with van der Waals surface area (Å²) in [5.41, 5.74) is 5.43. The molecule has 0 aliphatic rings. The van der Waals surface area contributed by atoms with Crippen molar-refractivity contribution in [2.45, 2.75) is 47.5 Å². The molecule has 1 N–H and O–H groups in total. The number of esters is 1. The minimum atomic E-state index is -0.361. The zero-order chi connectivity index (χ0) is 24.1. The standard InChI is InChI=1S/C27H31NO5/c1-7-8-13-32-27(30)20-9-11-21(12-10-20)28-24(29)14-16(2)22-15-23-17(3)19(5)33-26(23)18(4)25(22)31-6/h9-12,14-15H,7-8,13H2,1-6H3,(H,28,29)/b16-14+. The molecular formula is C27H31NO5. The number of ether oxygens (including phenoxy) is 2. The minimum Gasteiger partial charge on any atom is -0.496 e. The van der Waals surface area contributed by atoms with Crippen LogP contribution in [0.15, 0.2) is 40.8 Å². The number of carbonyl (C=O) groups is 2. The normalized spacial score (nSPS) is 11.5. The van der Waals surface area contributed by atoms with Crippen LogP contribution in [0.5, 0.6) is 5.75 Å². The third-order valence-electron chi connectivity index (χ3n) is 5.74. The van der Waals surface area contributed by atoms with Crippen LogP contribution in [0.1, 0.15) is 59.5 Å². The Kier molecular flexibility index (Phi) is 7.59. The second kappa shape index (κ2) is 10.4. The Labute approximate surface area is 194 Å². The molecular weight excluding hydrogens is 418 g/mol. The van der Waals surface area contributed by atoms with E-state index >= 15 is 0 Å². The van der Waals surface area contributed by atoms with Gasteiger partial charge in [-0.25, -0.2) is 4.79 Å². The number of benzene rings is 2. The van der Waals surface area contributed by atoms with E-state index in [4.69, 9.17) is 13.9 Å². The number of furan rings is 1. The molecule has 0 bridgehead atoms. The first-order chi connectivity index (χ1) is 15.8. The maximum atomic E-state index is 12.7. The maximum Gasteiger partial charge on any atom is 0.338 e. The average Bonchev–Trinajstić information content (AvgIpc) is 3.08. The summed E-state index contributed by atoms with van der Waals surface area (Å²) in [6, 6.07) is 8.67. The summed E-state index contributed by atoms with van der Waals surface area (Å²) in [6.45, 7) is 10.2. The van der Waals surface area contributed by atoms with Crippen molar-refractivity contribution >= 4 is 34.1 Å². The quantitative estimate of drug-likeness (QED) is 0.246. The molecule has 0 aliphatic carbocycles. The predicted octanol–water partition coefficient (Wildman–Crippen LogP) is 6.37. The fourth-order valence-electron chi connectivity index (χ4n) is 3.70. The van der Waals surface area contributed by atoms with Crippen LogP contribution in [0.3, 0.4) is 0 Å². The van der Waals surface area contributed by atoms with Gasteiger partial charge in [0.25, 0.3) is 0 Å². The number of methoxy groups -OCH3 is 1. The van der Waals surface area contributed by atoms with Gasteiger partial charge in [-0.1, -0.05) is 13.3 Å². The second-order valence-electron chi connectivity index (χ2n) is 8.13. The summed E-state index contributed by atoms with van der Waals surface area (Å²) in [6.07, 6.45) is 3.34. The monoisotopic (exact) mass is 449 g/mol. The molecule has 0 atom stereocenters. The Hall–Kier alpha value is -3.54. The summed E-state index contributed by atoms with van der Waals surface area (Å²) < 4.78 is 16.8. The van der Waals surface area contributed by atoms with Gasteiger partial charge in [0.2, 0.25) is 5.91 Å². The summed E-state index contributed by atoms with van der Waals surface area (Å²) in [4.78, 5) is 24.7. The van der Waals surface area contributed by atoms with E-state index in [1.165, 1.54) is 0 Å². The number of fused-ring (bicyclic) bond motifs is 1. The summed E-state index contributed by atoms with van der Waals surface area (Å²) in [7, 11) is 1.61. The van der Waals surface area contributed by atoms with Crippen LogP contribution in [0, 0.1) is 20.8 Å². The topological polar surface area (TPSA) is 77.8 Å². The van der Waals surface area contributed by atoms with Crippen LogP contribution in [0.25, 0.3) is 16.5 Å². The lowest BCUT2D eigenvalue weighted by Gasteiger charge is -2.13. The van der Waals surface area contributed by atoms with E-state index in [1.54, 1.807) is 37.5 Å². The van der Waals surface area contributed by atoms with Crippen LogP contribution in [-0.2, 0) is 9.53 Å². The number of hydrogen-bond donors (Lipinski definition) is 1. The van der Waals surface area contributed by atoms with Crippen molar-refractivity contribution in [3.63, 3.8) is 0 Å². The van der Waals surface area contributed by atoms with Crippen molar-refractivity contribution in [2.24, 2.45) is 0 Å². The lowest BCUT2D eigenvalue weighted by Crippen LogP contribution is -2.10. The molecule has 1 amide bonds. The molecule has 6 nitrogen and oxygen atoms in total.